The van der Waals surface area contributed by atoms with Crippen molar-refractivity contribution in [2.24, 2.45) is 0 Å². The molecule has 0 aliphatic heterocycles. The van der Waals surface area contributed by atoms with Gasteiger partial charge in [0.15, 0.2) is 11.6 Å². The van der Waals surface area contributed by atoms with Gasteiger partial charge in [0.25, 0.3) is 0 Å². The molecule has 0 saturated carbocycles. The van der Waals surface area contributed by atoms with Crippen LogP contribution in [0, 0.1) is 11.6 Å². The predicted octanol–water partition coefficient (Wildman–Crippen LogP) is 4.20. The zero-order valence-electron chi connectivity index (χ0n) is 12.5. The van der Waals surface area contributed by atoms with Gasteiger partial charge in [-0.3, -0.25) is 0 Å². The van der Waals surface area contributed by atoms with E-state index in [1.807, 2.05) is 0 Å². The van der Waals surface area contributed by atoms with E-state index in [9.17, 15) is 18.7 Å². The number of carboxylic acid groups (broad SMARTS) is 1. The van der Waals surface area contributed by atoms with Crippen molar-refractivity contribution >= 4 is 16.7 Å². The lowest BCUT2D eigenvalue weighted by Gasteiger charge is -2.12. The molecule has 0 aliphatic carbocycles. The van der Waals surface area contributed by atoms with Crippen LogP contribution in [0.1, 0.15) is 10.4 Å². The fourth-order valence-electron chi connectivity index (χ4n) is 2.58. The van der Waals surface area contributed by atoms with Crippen molar-refractivity contribution in [1.29, 1.82) is 0 Å². The Bertz CT molecular complexity index is 967. The van der Waals surface area contributed by atoms with Crippen molar-refractivity contribution in [3.63, 3.8) is 0 Å². The van der Waals surface area contributed by atoms with Crippen LogP contribution in [-0.4, -0.2) is 23.3 Å². The lowest BCUT2D eigenvalue weighted by Crippen LogP contribution is -1.98. The summed E-state index contributed by atoms with van der Waals surface area (Å²) >= 11 is 0. The summed E-state index contributed by atoms with van der Waals surface area (Å²) in [6.07, 6.45) is 0. The maximum Gasteiger partial charge on any atom is 0.335 e. The number of ether oxygens (including phenoxy) is 1. The number of carboxylic acids is 1. The Balaban J connectivity index is 2.24. The summed E-state index contributed by atoms with van der Waals surface area (Å²) in [6.45, 7) is 0. The largest absolute Gasteiger partial charge is 0.505 e. The zero-order chi connectivity index (χ0) is 17.4. The molecule has 0 radical (unpaired) electrons. The first-order chi connectivity index (χ1) is 11.4. The van der Waals surface area contributed by atoms with E-state index in [1.165, 1.54) is 31.4 Å². The van der Waals surface area contributed by atoms with E-state index in [1.54, 1.807) is 6.07 Å². The van der Waals surface area contributed by atoms with Crippen LogP contribution in [0.3, 0.4) is 0 Å². The number of benzene rings is 3. The maximum absolute atomic E-state index is 14.3. The van der Waals surface area contributed by atoms with Crippen LogP contribution in [0.5, 0.6) is 11.5 Å². The van der Waals surface area contributed by atoms with Gasteiger partial charge < -0.3 is 14.9 Å². The number of phenols is 1. The second-order valence-electron chi connectivity index (χ2n) is 5.18. The normalized spacial score (nSPS) is 10.8. The second kappa shape index (κ2) is 5.81. The van der Waals surface area contributed by atoms with Crippen molar-refractivity contribution in [3.05, 3.63) is 59.7 Å². The molecular weight excluding hydrogens is 318 g/mol. The number of carbonyl (C=O) groups is 1. The van der Waals surface area contributed by atoms with E-state index < -0.39 is 23.4 Å². The van der Waals surface area contributed by atoms with Crippen molar-refractivity contribution in [2.45, 2.75) is 0 Å². The lowest BCUT2D eigenvalue weighted by molar-refractivity contribution is 0.0696. The molecule has 0 amide bonds. The lowest BCUT2D eigenvalue weighted by atomic mass is 9.98. The Morgan fingerprint density at radius 1 is 1.08 bits per heavy atom. The van der Waals surface area contributed by atoms with E-state index >= 15 is 0 Å². The average Bonchev–Trinajstić information content (AvgIpc) is 2.57. The Labute approximate surface area is 135 Å². The highest BCUT2D eigenvalue weighted by molar-refractivity contribution is 5.92. The third-order valence-corrected chi connectivity index (χ3v) is 3.75. The molecule has 3 rings (SSSR count). The summed E-state index contributed by atoms with van der Waals surface area (Å²) < 4.78 is 33.4. The third kappa shape index (κ3) is 2.52. The minimum atomic E-state index is -1.11. The molecular formula is C18H12F2O4. The van der Waals surface area contributed by atoms with Gasteiger partial charge in [0.05, 0.1) is 18.1 Å². The molecule has 0 atom stereocenters. The van der Waals surface area contributed by atoms with Gasteiger partial charge in [-0.05, 0) is 47.3 Å². The second-order valence-corrected chi connectivity index (χ2v) is 5.18. The van der Waals surface area contributed by atoms with Gasteiger partial charge in [-0.2, -0.15) is 0 Å². The molecule has 0 spiro atoms. The monoisotopic (exact) mass is 330 g/mol. The van der Waals surface area contributed by atoms with Gasteiger partial charge in [0.1, 0.15) is 11.6 Å². The summed E-state index contributed by atoms with van der Waals surface area (Å²) in [5, 5.41) is 18.4. The molecule has 6 heteroatoms. The molecule has 0 saturated heterocycles. The number of phenolic OH excluding ortho intramolecular Hbond substituents is 1. The van der Waals surface area contributed by atoms with Gasteiger partial charge in [-0.25, -0.2) is 13.6 Å². The number of fused-ring (bicyclic) bond motifs is 1. The first kappa shape index (κ1) is 15.7. The highest BCUT2D eigenvalue weighted by atomic mass is 19.1. The van der Waals surface area contributed by atoms with E-state index in [0.29, 0.717) is 11.1 Å². The van der Waals surface area contributed by atoms with Gasteiger partial charge in [0, 0.05) is 5.56 Å². The first-order valence-electron chi connectivity index (χ1n) is 6.95. The Kier molecular flexibility index (Phi) is 3.81. The summed E-state index contributed by atoms with van der Waals surface area (Å²) in [5.41, 5.74) is 0.906. The molecule has 3 aromatic rings. The topological polar surface area (TPSA) is 66.8 Å². The zero-order valence-corrected chi connectivity index (χ0v) is 12.5. The molecule has 3 aromatic carbocycles. The Hall–Kier alpha value is -3.15. The summed E-state index contributed by atoms with van der Waals surface area (Å²) in [5.74, 6) is -3.34. The van der Waals surface area contributed by atoms with Gasteiger partial charge in [-0.15, -0.1) is 0 Å². The maximum atomic E-state index is 14.3. The summed E-state index contributed by atoms with van der Waals surface area (Å²) in [6, 6.07) is 9.41. The molecule has 0 aliphatic rings. The fourth-order valence-corrected chi connectivity index (χ4v) is 2.58. The highest BCUT2D eigenvalue weighted by Crippen LogP contribution is 2.36. The van der Waals surface area contributed by atoms with Crippen LogP contribution >= 0.6 is 0 Å². The SMILES string of the molecule is COc1cc(C(=O)O)ccc1-c1cc(F)c2c(F)c(O)ccc2c1. The Morgan fingerprint density at radius 2 is 1.83 bits per heavy atom. The number of aromatic carboxylic acids is 1. The van der Waals surface area contributed by atoms with Crippen LogP contribution in [0.15, 0.2) is 42.5 Å². The minimum Gasteiger partial charge on any atom is -0.505 e. The van der Waals surface area contributed by atoms with Crippen molar-refractivity contribution in [2.75, 3.05) is 7.11 Å². The van der Waals surface area contributed by atoms with E-state index in [-0.39, 0.29) is 22.1 Å². The standard InChI is InChI=1S/C18H12F2O4/c1-24-15-8-10(18(22)23)2-4-12(15)11-6-9-3-5-14(21)17(20)16(9)13(19)7-11/h2-8,21H,1H3,(H,22,23). The molecule has 4 nitrogen and oxygen atoms in total. The average molecular weight is 330 g/mol. The molecule has 0 fully saturated rings. The number of halogens is 2. The molecule has 0 heterocycles. The summed E-state index contributed by atoms with van der Waals surface area (Å²) in [7, 11) is 1.37. The Morgan fingerprint density at radius 3 is 2.50 bits per heavy atom. The highest BCUT2D eigenvalue weighted by Gasteiger charge is 2.16. The molecule has 0 unspecified atom stereocenters. The van der Waals surface area contributed by atoms with Gasteiger partial charge in [-0.1, -0.05) is 6.07 Å². The van der Waals surface area contributed by atoms with Gasteiger partial charge in [0.2, 0.25) is 0 Å². The molecule has 0 aromatic heterocycles. The van der Waals surface area contributed by atoms with Crippen LogP contribution in [0.2, 0.25) is 0 Å². The van der Waals surface area contributed by atoms with Crippen LogP contribution < -0.4 is 4.74 Å². The number of hydrogen-bond donors (Lipinski definition) is 2. The van der Waals surface area contributed by atoms with Crippen LogP contribution in [0.4, 0.5) is 8.78 Å². The van der Waals surface area contributed by atoms with E-state index in [0.717, 1.165) is 12.1 Å². The molecule has 122 valence electrons. The smallest absolute Gasteiger partial charge is 0.335 e. The number of aromatic hydroxyl groups is 1. The van der Waals surface area contributed by atoms with Crippen molar-refractivity contribution in [1.82, 2.24) is 0 Å². The van der Waals surface area contributed by atoms with Gasteiger partial charge >= 0.3 is 5.97 Å². The quantitative estimate of drug-likeness (QED) is 0.755. The van der Waals surface area contributed by atoms with Crippen molar-refractivity contribution in [3.8, 4) is 22.6 Å². The van der Waals surface area contributed by atoms with Crippen LogP contribution in [-0.2, 0) is 0 Å². The minimum absolute atomic E-state index is 0.0350. The summed E-state index contributed by atoms with van der Waals surface area (Å²) in [4.78, 5) is 11.0. The number of rotatable bonds is 3. The third-order valence-electron chi connectivity index (χ3n) is 3.75. The number of hydrogen-bond acceptors (Lipinski definition) is 3. The van der Waals surface area contributed by atoms with E-state index in [4.69, 9.17) is 9.84 Å². The predicted molar refractivity (Wildman–Crippen MR) is 84.5 cm³/mol. The number of methoxy groups -OCH3 is 1. The fraction of sp³-hybridized carbons (Fsp3) is 0.0556. The van der Waals surface area contributed by atoms with Crippen molar-refractivity contribution < 1.29 is 28.5 Å². The molecule has 24 heavy (non-hydrogen) atoms. The molecule has 0 bridgehead atoms. The first-order valence-corrected chi connectivity index (χ1v) is 6.95. The van der Waals surface area contributed by atoms with E-state index in [2.05, 4.69) is 0 Å². The molecule has 2 N–H and O–H groups in total. The van der Waals surface area contributed by atoms with Crippen LogP contribution in [0.25, 0.3) is 21.9 Å².